The van der Waals surface area contributed by atoms with E-state index < -0.39 is 11.9 Å². The van der Waals surface area contributed by atoms with Gasteiger partial charge in [0.25, 0.3) is 0 Å². The molecule has 0 aliphatic heterocycles. The summed E-state index contributed by atoms with van der Waals surface area (Å²) in [6, 6.07) is 2.70. The fourth-order valence-electron chi connectivity index (χ4n) is 0.829. The van der Waals surface area contributed by atoms with Crippen molar-refractivity contribution < 1.29 is 13.2 Å². The second kappa shape index (κ2) is 3.96. The Labute approximate surface area is 86.5 Å². The zero-order chi connectivity index (χ0) is 10.8. The molecule has 0 aromatic carbocycles. The van der Waals surface area contributed by atoms with Crippen LogP contribution in [0.5, 0.6) is 0 Å². The van der Waals surface area contributed by atoms with Gasteiger partial charge in [-0.3, -0.25) is 4.98 Å². The molecule has 0 aliphatic rings. The van der Waals surface area contributed by atoms with Crippen LogP contribution in [0, 0.1) is 11.3 Å². The molecule has 0 unspecified atom stereocenters. The van der Waals surface area contributed by atoms with Gasteiger partial charge in [0.1, 0.15) is 5.69 Å². The van der Waals surface area contributed by atoms with Crippen molar-refractivity contribution in [3.63, 3.8) is 0 Å². The summed E-state index contributed by atoms with van der Waals surface area (Å²) >= 11 is 2.95. The largest absolute Gasteiger partial charge is 0.433 e. The second-order valence-electron chi connectivity index (χ2n) is 2.49. The zero-order valence-electron chi connectivity index (χ0n) is 6.77. The highest BCUT2D eigenvalue weighted by Gasteiger charge is 2.32. The minimum absolute atomic E-state index is 0.0335. The van der Waals surface area contributed by atoms with Crippen LogP contribution in [0.1, 0.15) is 11.3 Å². The molecule has 0 saturated heterocycles. The number of nitriles is 1. The average Bonchev–Trinajstić information content (AvgIpc) is 2.07. The Bertz CT molecular complexity index is 381. The topological polar surface area (TPSA) is 36.7 Å². The molecule has 74 valence electrons. The first-order valence-electron chi connectivity index (χ1n) is 3.53. The molecule has 0 N–H and O–H groups in total. The number of nitrogens with zero attached hydrogens (tertiary/aromatic N) is 2. The summed E-state index contributed by atoms with van der Waals surface area (Å²) in [4.78, 5) is 3.22. The molecule has 1 rings (SSSR count). The van der Waals surface area contributed by atoms with Crippen LogP contribution in [0.3, 0.4) is 0 Å². The van der Waals surface area contributed by atoms with Gasteiger partial charge in [-0.05, 0) is 11.6 Å². The Morgan fingerprint density at radius 1 is 1.50 bits per heavy atom. The van der Waals surface area contributed by atoms with Crippen LogP contribution in [0.4, 0.5) is 13.2 Å². The molecular weight excluding hydrogens is 261 g/mol. The highest BCUT2D eigenvalue weighted by molar-refractivity contribution is 9.10. The summed E-state index contributed by atoms with van der Waals surface area (Å²) in [5, 5.41) is 8.35. The lowest BCUT2D eigenvalue weighted by atomic mass is 10.2. The fraction of sp³-hybridized carbons (Fsp3) is 0.250. The van der Waals surface area contributed by atoms with Crippen molar-refractivity contribution in [2.75, 3.05) is 0 Å². The number of pyridine rings is 1. The molecule has 2 nitrogen and oxygen atoms in total. The summed E-state index contributed by atoms with van der Waals surface area (Å²) < 4.78 is 36.7. The molecule has 14 heavy (non-hydrogen) atoms. The molecule has 1 aromatic rings. The van der Waals surface area contributed by atoms with Crippen LogP contribution in [-0.2, 0) is 12.6 Å². The van der Waals surface area contributed by atoms with Crippen LogP contribution in [0.2, 0.25) is 0 Å². The molecule has 0 radical (unpaired) electrons. The second-order valence-corrected chi connectivity index (χ2v) is 3.35. The van der Waals surface area contributed by atoms with Crippen molar-refractivity contribution in [2.45, 2.75) is 12.6 Å². The number of halogens is 4. The minimum atomic E-state index is -4.45. The predicted molar refractivity (Wildman–Crippen MR) is 46.3 cm³/mol. The van der Waals surface area contributed by atoms with E-state index >= 15 is 0 Å². The third kappa shape index (κ3) is 2.45. The van der Waals surface area contributed by atoms with Crippen molar-refractivity contribution >= 4 is 15.9 Å². The maximum Gasteiger partial charge on any atom is 0.433 e. The third-order valence-corrected chi connectivity index (χ3v) is 2.23. The average molecular weight is 265 g/mol. The normalized spacial score (nSPS) is 11.1. The maximum atomic E-state index is 12.1. The van der Waals surface area contributed by atoms with Gasteiger partial charge in [-0.25, -0.2) is 0 Å². The minimum Gasteiger partial charge on any atom is -0.251 e. The Morgan fingerprint density at radius 2 is 2.14 bits per heavy atom. The summed E-state index contributed by atoms with van der Waals surface area (Å²) in [6.45, 7) is 0. The lowest BCUT2D eigenvalue weighted by Gasteiger charge is -2.06. The van der Waals surface area contributed by atoms with Crippen LogP contribution in [0.25, 0.3) is 0 Å². The first kappa shape index (κ1) is 11.0. The summed E-state index contributed by atoms with van der Waals surface area (Å²) in [6.07, 6.45) is -3.37. The van der Waals surface area contributed by atoms with E-state index in [0.717, 1.165) is 12.3 Å². The Hall–Kier alpha value is -1.09. The molecule has 0 amide bonds. The Kier molecular flexibility index (Phi) is 3.11. The van der Waals surface area contributed by atoms with E-state index in [2.05, 4.69) is 20.9 Å². The summed E-state index contributed by atoms with van der Waals surface area (Å²) in [5.74, 6) is 0. The number of hydrogen-bond acceptors (Lipinski definition) is 2. The molecule has 0 bridgehead atoms. The van der Waals surface area contributed by atoms with Crippen molar-refractivity contribution in [1.29, 1.82) is 5.26 Å². The lowest BCUT2D eigenvalue weighted by molar-refractivity contribution is -0.141. The van der Waals surface area contributed by atoms with Gasteiger partial charge in [0.2, 0.25) is 0 Å². The first-order valence-corrected chi connectivity index (χ1v) is 4.33. The monoisotopic (exact) mass is 264 g/mol. The van der Waals surface area contributed by atoms with E-state index in [-0.39, 0.29) is 10.9 Å². The number of rotatable bonds is 1. The highest BCUT2D eigenvalue weighted by atomic mass is 79.9. The number of alkyl halides is 3. The first-order chi connectivity index (χ1) is 6.45. The van der Waals surface area contributed by atoms with Crippen molar-refractivity contribution in [2.24, 2.45) is 0 Å². The van der Waals surface area contributed by atoms with Crippen LogP contribution >= 0.6 is 15.9 Å². The molecule has 1 heterocycles. The summed E-state index contributed by atoms with van der Waals surface area (Å²) in [7, 11) is 0. The number of aromatic nitrogens is 1. The summed E-state index contributed by atoms with van der Waals surface area (Å²) in [5.41, 5.74) is -0.522. The standard InChI is InChI=1S/C8H4BrF3N2/c9-6-3-7(8(10,11)12)14-4-5(6)1-2-13/h3-4H,1H2. The van der Waals surface area contributed by atoms with Gasteiger partial charge < -0.3 is 0 Å². The molecular formula is C8H4BrF3N2. The Morgan fingerprint density at radius 3 is 2.57 bits per heavy atom. The lowest BCUT2D eigenvalue weighted by Crippen LogP contribution is -2.08. The van der Waals surface area contributed by atoms with Gasteiger partial charge in [-0.2, -0.15) is 18.4 Å². The quantitative estimate of drug-likeness (QED) is 0.782. The van der Waals surface area contributed by atoms with Crippen LogP contribution < -0.4 is 0 Å². The predicted octanol–water partition coefficient (Wildman–Crippen LogP) is 2.93. The smallest absolute Gasteiger partial charge is 0.251 e. The third-order valence-electron chi connectivity index (χ3n) is 1.49. The van der Waals surface area contributed by atoms with Gasteiger partial charge in [0.05, 0.1) is 12.5 Å². The van der Waals surface area contributed by atoms with E-state index in [1.54, 1.807) is 0 Å². The van der Waals surface area contributed by atoms with Crippen molar-refractivity contribution in [3.05, 3.63) is 28.0 Å². The van der Waals surface area contributed by atoms with Gasteiger partial charge in [0, 0.05) is 10.7 Å². The van der Waals surface area contributed by atoms with E-state index in [4.69, 9.17) is 5.26 Å². The molecule has 0 saturated carbocycles. The zero-order valence-corrected chi connectivity index (χ0v) is 8.35. The number of hydrogen-bond donors (Lipinski definition) is 0. The molecule has 0 fully saturated rings. The van der Waals surface area contributed by atoms with Gasteiger partial charge >= 0.3 is 6.18 Å². The van der Waals surface area contributed by atoms with Crippen molar-refractivity contribution in [1.82, 2.24) is 4.98 Å². The Balaban J connectivity index is 3.08. The SMILES string of the molecule is N#CCc1cnc(C(F)(F)F)cc1Br. The van der Waals surface area contributed by atoms with E-state index in [0.29, 0.717) is 5.56 Å². The van der Waals surface area contributed by atoms with Crippen molar-refractivity contribution in [3.8, 4) is 6.07 Å². The molecule has 0 atom stereocenters. The van der Waals surface area contributed by atoms with Gasteiger partial charge in [-0.15, -0.1) is 0 Å². The van der Waals surface area contributed by atoms with Gasteiger partial charge in [-0.1, -0.05) is 15.9 Å². The van der Waals surface area contributed by atoms with Crippen LogP contribution in [-0.4, -0.2) is 4.98 Å². The van der Waals surface area contributed by atoms with Crippen LogP contribution in [0.15, 0.2) is 16.7 Å². The maximum absolute atomic E-state index is 12.1. The fourth-order valence-corrected chi connectivity index (χ4v) is 1.29. The van der Waals surface area contributed by atoms with E-state index in [1.165, 1.54) is 0 Å². The molecule has 0 aliphatic carbocycles. The molecule has 0 spiro atoms. The van der Waals surface area contributed by atoms with E-state index in [1.807, 2.05) is 6.07 Å². The van der Waals surface area contributed by atoms with E-state index in [9.17, 15) is 13.2 Å². The highest BCUT2D eigenvalue weighted by Crippen LogP contribution is 2.30. The molecule has 6 heteroatoms. The molecule has 1 aromatic heterocycles. The van der Waals surface area contributed by atoms with Gasteiger partial charge in [0.15, 0.2) is 0 Å².